The largest absolute Gasteiger partial charge is 0.507 e. The van der Waals surface area contributed by atoms with Crippen LogP contribution in [0.4, 0.5) is 5.69 Å². The Morgan fingerprint density at radius 2 is 1.96 bits per heavy atom. The summed E-state index contributed by atoms with van der Waals surface area (Å²) in [6.45, 7) is 1.89. The van der Waals surface area contributed by atoms with Gasteiger partial charge in [0.25, 0.3) is 5.69 Å². The molecule has 0 atom stereocenters. The second-order valence-corrected chi connectivity index (χ2v) is 5.19. The van der Waals surface area contributed by atoms with Gasteiger partial charge < -0.3 is 9.52 Å². The first-order valence-electron chi connectivity index (χ1n) is 7.01. The van der Waals surface area contributed by atoms with Crippen molar-refractivity contribution >= 4 is 28.6 Å². The quantitative estimate of drug-likeness (QED) is 0.449. The number of non-ortho nitro benzene ring substituents is 1. The van der Waals surface area contributed by atoms with E-state index in [1.165, 1.54) is 30.3 Å². The molecule has 0 saturated carbocycles. The lowest BCUT2D eigenvalue weighted by atomic mass is 10.1. The lowest BCUT2D eigenvalue weighted by molar-refractivity contribution is -0.384. The molecule has 2 aromatic carbocycles. The highest BCUT2D eigenvalue weighted by molar-refractivity contribution is 5.78. The fourth-order valence-corrected chi connectivity index (χ4v) is 2.19. The average Bonchev–Trinajstić information content (AvgIpc) is 2.56. The maximum absolute atomic E-state index is 12.0. The van der Waals surface area contributed by atoms with Crippen molar-refractivity contribution in [3.8, 4) is 0 Å². The maximum atomic E-state index is 12.0. The summed E-state index contributed by atoms with van der Waals surface area (Å²) in [5.41, 5.74) is 1.31. The van der Waals surface area contributed by atoms with Crippen molar-refractivity contribution in [2.45, 2.75) is 6.92 Å². The van der Waals surface area contributed by atoms with Gasteiger partial charge >= 0.3 is 5.63 Å². The Bertz CT molecular complexity index is 1020. The molecule has 0 aliphatic carbocycles. The molecule has 7 heteroatoms. The number of fused-ring (bicyclic) bond motifs is 1. The van der Waals surface area contributed by atoms with Crippen molar-refractivity contribution in [1.29, 1.82) is 0 Å². The van der Waals surface area contributed by atoms with Gasteiger partial charge in [-0.25, -0.2) is 9.78 Å². The number of rotatable bonds is 3. The molecule has 120 valence electrons. The first-order chi connectivity index (χ1) is 11.4. The molecule has 1 N–H and O–H groups in total. The topological polar surface area (TPSA) is 106 Å². The van der Waals surface area contributed by atoms with Gasteiger partial charge in [0.2, 0.25) is 0 Å². The first kappa shape index (κ1) is 15.4. The Hall–Kier alpha value is -3.48. The van der Waals surface area contributed by atoms with Crippen LogP contribution < -0.4 is 5.63 Å². The van der Waals surface area contributed by atoms with Crippen molar-refractivity contribution in [2.75, 3.05) is 0 Å². The molecule has 0 aliphatic heterocycles. The molecule has 3 aromatic rings. The number of aliphatic hydroxyl groups excluding tert-OH is 1. The molecule has 24 heavy (non-hydrogen) atoms. The molecule has 0 spiro atoms. The summed E-state index contributed by atoms with van der Waals surface area (Å²) >= 11 is 0. The highest BCUT2D eigenvalue weighted by Crippen LogP contribution is 2.19. The molecule has 0 unspecified atom stereocenters. The summed E-state index contributed by atoms with van der Waals surface area (Å²) in [6.07, 6.45) is 1.18. The van der Waals surface area contributed by atoms with Gasteiger partial charge in [0.1, 0.15) is 11.3 Å². The SMILES string of the molecule is Cc1ccc2oc(=O)c(/C=C(\O)c3ccc([N+](=O)[O-])cc3)nc2c1. The van der Waals surface area contributed by atoms with Gasteiger partial charge in [-0.15, -0.1) is 0 Å². The van der Waals surface area contributed by atoms with E-state index in [1.807, 2.05) is 6.92 Å². The average molecular weight is 324 g/mol. The number of aromatic nitrogens is 1. The minimum absolute atomic E-state index is 0.0519. The number of nitro groups is 1. The second kappa shape index (κ2) is 5.96. The zero-order valence-corrected chi connectivity index (χ0v) is 12.6. The summed E-state index contributed by atoms with van der Waals surface area (Å²) in [5, 5.41) is 20.8. The highest BCUT2D eigenvalue weighted by atomic mass is 16.6. The van der Waals surface area contributed by atoms with Gasteiger partial charge in [0.05, 0.1) is 4.92 Å². The van der Waals surface area contributed by atoms with Crippen LogP contribution in [-0.4, -0.2) is 15.0 Å². The van der Waals surface area contributed by atoms with Crippen LogP contribution in [0.25, 0.3) is 22.9 Å². The van der Waals surface area contributed by atoms with E-state index >= 15 is 0 Å². The summed E-state index contributed by atoms with van der Waals surface area (Å²) in [7, 11) is 0. The van der Waals surface area contributed by atoms with E-state index in [0.717, 1.165) is 5.56 Å². The van der Waals surface area contributed by atoms with Crippen LogP contribution in [0.1, 0.15) is 16.8 Å². The fraction of sp³-hybridized carbons (Fsp3) is 0.0588. The van der Waals surface area contributed by atoms with E-state index < -0.39 is 10.5 Å². The lowest BCUT2D eigenvalue weighted by Crippen LogP contribution is -2.06. The Labute approximate surface area is 135 Å². The summed E-state index contributed by atoms with van der Waals surface area (Å²) in [6, 6.07) is 10.5. The minimum atomic E-state index is -0.681. The van der Waals surface area contributed by atoms with E-state index in [-0.39, 0.29) is 17.1 Å². The highest BCUT2D eigenvalue weighted by Gasteiger charge is 2.09. The molecular weight excluding hydrogens is 312 g/mol. The molecule has 0 bridgehead atoms. The van der Waals surface area contributed by atoms with E-state index in [4.69, 9.17) is 4.42 Å². The van der Waals surface area contributed by atoms with Crippen LogP contribution in [0.15, 0.2) is 51.7 Å². The smallest absolute Gasteiger partial charge is 0.362 e. The zero-order valence-electron chi connectivity index (χ0n) is 12.6. The number of benzene rings is 2. The maximum Gasteiger partial charge on any atom is 0.362 e. The predicted molar refractivity (Wildman–Crippen MR) is 88.6 cm³/mol. The Morgan fingerprint density at radius 1 is 1.25 bits per heavy atom. The Morgan fingerprint density at radius 3 is 2.62 bits per heavy atom. The third kappa shape index (κ3) is 3.00. The number of hydrogen-bond donors (Lipinski definition) is 1. The van der Waals surface area contributed by atoms with Gasteiger partial charge in [0, 0.05) is 23.8 Å². The molecule has 1 aromatic heterocycles. The molecule has 0 saturated heterocycles. The zero-order chi connectivity index (χ0) is 17.3. The molecule has 0 aliphatic rings. The Balaban J connectivity index is 2.03. The lowest BCUT2D eigenvalue weighted by Gasteiger charge is -2.02. The van der Waals surface area contributed by atoms with E-state index in [0.29, 0.717) is 16.7 Å². The van der Waals surface area contributed by atoms with Gasteiger partial charge in [-0.1, -0.05) is 6.07 Å². The first-order valence-corrected chi connectivity index (χ1v) is 7.01. The van der Waals surface area contributed by atoms with E-state index in [1.54, 1.807) is 18.2 Å². The van der Waals surface area contributed by atoms with Crippen molar-refractivity contribution in [3.63, 3.8) is 0 Å². The fourth-order valence-electron chi connectivity index (χ4n) is 2.19. The van der Waals surface area contributed by atoms with Crippen LogP contribution in [0.5, 0.6) is 0 Å². The normalized spacial score (nSPS) is 11.6. The van der Waals surface area contributed by atoms with Crippen LogP contribution in [0.3, 0.4) is 0 Å². The van der Waals surface area contributed by atoms with Gasteiger partial charge in [-0.05, 0) is 36.8 Å². The molecule has 0 amide bonds. The second-order valence-electron chi connectivity index (χ2n) is 5.19. The predicted octanol–water partition coefficient (Wildman–Crippen LogP) is 3.46. The molecular formula is C17H12N2O5. The molecule has 0 radical (unpaired) electrons. The van der Waals surface area contributed by atoms with Gasteiger partial charge in [-0.2, -0.15) is 0 Å². The monoisotopic (exact) mass is 324 g/mol. The van der Waals surface area contributed by atoms with Crippen LogP contribution in [0, 0.1) is 17.0 Å². The van der Waals surface area contributed by atoms with Crippen LogP contribution >= 0.6 is 0 Å². The van der Waals surface area contributed by atoms with Crippen molar-refractivity contribution in [1.82, 2.24) is 4.98 Å². The number of aliphatic hydroxyl groups is 1. The van der Waals surface area contributed by atoms with E-state index in [9.17, 15) is 20.0 Å². The van der Waals surface area contributed by atoms with Crippen LogP contribution in [-0.2, 0) is 0 Å². The standard InChI is InChI=1S/C17H12N2O5/c1-10-2-7-16-13(8-10)18-14(17(21)24-16)9-15(20)11-3-5-12(6-4-11)19(22)23/h2-9,20H,1H3/b15-9-. The third-order valence-electron chi connectivity index (χ3n) is 3.41. The summed E-state index contributed by atoms with van der Waals surface area (Å²) in [5.74, 6) is -0.239. The molecule has 7 nitrogen and oxygen atoms in total. The van der Waals surface area contributed by atoms with Crippen LogP contribution in [0.2, 0.25) is 0 Å². The Kier molecular flexibility index (Phi) is 3.83. The summed E-state index contributed by atoms with van der Waals surface area (Å²) < 4.78 is 5.17. The van der Waals surface area contributed by atoms with Gasteiger partial charge in [0.15, 0.2) is 11.3 Å². The number of aryl methyl sites for hydroxylation is 1. The number of nitro benzene ring substituents is 1. The minimum Gasteiger partial charge on any atom is -0.507 e. The van der Waals surface area contributed by atoms with E-state index in [2.05, 4.69) is 4.98 Å². The number of nitrogens with zero attached hydrogens (tertiary/aromatic N) is 2. The molecule has 0 fully saturated rings. The summed E-state index contributed by atoms with van der Waals surface area (Å²) in [4.78, 5) is 26.2. The third-order valence-corrected chi connectivity index (χ3v) is 3.41. The molecule has 1 heterocycles. The van der Waals surface area contributed by atoms with Gasteiger partial charge in [-0.3, -0.25) is 10.1 Å². The van der Waals surface area contributed by atoms with Crippen molar-refractivity contribution in [3.05, 3.63) is 79.8 Å². The molecule has 3 rings (SSSR count). The van der Waals surface area contributed by atoms with Crippen molar-refractivity contribution < 1.29 is 14.4 Å². The van der Waals surface area contributed by atoms with Crippen molar-refractivity contribution in [2.24, 2.45) is 0 Å². The number of hydrogen-bond acceptors (Lipinski definition) is 6.